The molecule has 4 nitrogen and oxygen atoms in total. The van der Waals surface area contributed by atoms with E-state index in [1.165, 1.54) is 16.7 Å². The largest absolute Gasteiger partial charge is 0.495 e. The van der Waals surface area contributed by atoms with Crippen molar-refractivity contribution >= 4 is 0 Å². The minimum absolute atomic E-state index is 0.00458. The van der Waals surface area contributed by atoms with Crippen molar-refractivity contribution in [2.75, 3.05) is 7.11 Å². The first-order valence-corrected chi connectivity index (χ1v) is 6.66. The Kier molecular flexibility index (Phi) is 4.71. The molecular weight excluding hydrogens is 250 g/mol. The van der Waals surface area contributed by atoms with Gasteiger partial charge in [0.2, 0.25) is 0 Å². The lowest BCUT2D eigenvalue weighted by atomic mass is 9.97. The first-order valence-electron chi connectivity index (χ1n) is 6.66. The molecule has 3 N–H and O–H groups in total. The molecule has 1 atom stereocenters. The van der Waals surface area contributed by atoms with Crippen molar-refractivity contribution in [1.29, 1.82) is 0 Å². The predicted octanol–water partition coefficient (Wildman–Crippen LogP) is 2.45. The van der Waals surface area contributed by atoms with Crippen LogP contribution in [0.25, 0.3) is 0 Å². The average Bonchev–Trinajstić information content (AvgIpc) is 2.48. The number of ether oxygens (including phenoxy) is 1. The fourth-order valence-corrected chi connectivity index (χ4v) is 2.27. The third-order valence-corrected chi connectivity index (χ3v) is 3.62. The Balaban J connectivity index is 2.26. The lowest BCUT2D eigenvalue weighted by Crippen LogP contribution is -2.30. The molecule has 0 spiro atoms. The molecule has 2 rings (SSSR count). The maximum atomic E-state index is 5.72. The van der Waals surface area contributed by atoms with Crippen molar-refractivity contribution in [2.24, 2.45) is 5.84 Å². The number of aromatic nitrogens is 1. The molecule has 106 valence electrons. The lowest BCUT2D eigenvalue weighted by molar-refractivity contribution is 0.397. The van der Waals surface area contributed by atoms with E-state index in [4.69, 9.17) is 10.6 Å². The Morgan fingerprint density at radius 3 is 2.70 bits per heavy atom. The summed E-state index contributed by atoms with van der Waals surface area (Å²) in [5.74, 6) is 6.47. The van der Waals surface area contributed by atoms with Crippen LogP contribution < -0.4 is 16.0 Å². The zero-order valence-electron chi connectivity index (χ0n) is 12.2. The first-order chi connectivity index (χ1) is 9.65. The van der Waals surface area contributed by atoms with Crippen LogP contribution in [-0.2, 0) is 6.42 Å². The molecule has 1 aromatic heterocycles. The van der Waals surface area contributed by atoms with Crippen LogP contribution in [-0.4, -0.2) is 12.1 Å². The number of hydrogen-bond donors (Lipinski definition) is 2. The van der Waals surface area contributed by atoms with Crippen LogP contribution in [0, 0.1) is 13.8 Å². The second-order valence-corrected chi connectivity index (χ2v) is 4.96. The van der Waals surface area contributed by atoms with E-state index in [1.54, 1.807) is 19.5 Å². The van der Waals surface area contributed by atoms with Crippen molar-refractivity contribution in [3.05, 3.63) is 58.9 Å². The monoisotopic (exact) mass is 271 g/mol. The van der Waals surface area contributed by atoms with E-state index >= 15 is 0 Å². The maximum Gasteiger partial charge on any atom is 0.141 e. The highest BCUT2D eigenvalue weighted by atomic mass is 16.5. The normalized spacial score (nSPS) is 12.2. The van der Waals surface area contributed by atoms with Crippen molar-refractivity contribution in [1.82, 2.24) is 10.4 Å². The van der Waals surface area contributed by atoms with E-state index in [2.05, 4.69) is 42.5 Å². The van der Waals surface area contributed by atoms with Crippen molar-refractivity contribution in [3.63, 3.8) is 0 Å². The fraction of sp³-hybridized carbons (Fsp3) is 0.312. The minimum atomic E-state index is -0.00458. The van der Waals surface area contributed by atoms with Gasteiger partial charge in [-0.3, -0.25) is 16.3 Å². The number of pyridine rings is 1. The van der Waals surface area contributed by atoms with Gasteiger partial charge in [0, 0.05) is 11.8 Å². The Morgan fingerprint density at radius 2 is 2.05 bits per heavy atom. The number of nitrogens with one attached hydrogen (secondary N) is 1. The molecule has 2 aromatic rings. The van der Waals surface area contributed by atoms with Gasteiger partial charge in [-0.05, 0) is 43.0 Å². The summed E-state index contributed by atoms with van der Waals surface area (Å²) in [4.78, 5) is 4.07. The summed E-state index contributed by atoms with van der Waals surface area (Å²) < 4.78 is 5.35. The zero-order chi connectivity index (χ0) is 14.5. The number of methoxy groups -OCH3 is 1. The topological polar surface area (TPSA) is 60.2 Å². The Morgan fingerprint density at radius 1 is 1.25 bits per heavy atom. The smallest absolute Gasteiger partial charge is 0.141 e. The minimum Gasteiger partial charge on any atom is -0.495 e. The molecule has 20 heavy (non-hydrogen) atoms. The van der Waals surface area contributed by atoms with Gasteiger partial charge in [-0.15, -0.1) is 0 Å². The summed E-state index contributed by atoms with van der Waals surface area (Å²) in [6.07, 6.45) is 4.26. The highest BCUT2D eigenvalue weighted by Gasteiger charge is 2.15. The van der Waals surface area contributed by atoms with E-state index in [0.717, 1.165) is 17.7 Å². The molecule has 4 heteroatoms. The van der Waals surface area contributed by atoms with Gasteiger partial charge < -0.3 is 4.74 Å². The molecule has 0 saturated carbocycles. The van der Waals surface area contributed by atoms with Gasteiger partial charge in [0.1, 0.15) is 5.75 Å². The van der Waals surface area contributed by atoms with E-state index in [-0.39, 0.29) is 6.04 Å². The summed E-state index contributed by atoms with van der Waals surface area (Å²) in [5, 5.41) is 0. The number of benzene rings is 1. The standard InChI is InChI=1S/C16H21N3O/c1-11-4-5-13(8-12(11)2)9-15(19-17)14-6-7-18-10-16(14)20-3/h4-8,10,15,19H,9,17H2,1-3H3. The molecular formula is C16H21N3O. The zero-order valence-corrected chi connectivity index (χ0v) is 12.2. The molecule has 1 unspecified atom stereocenters. The summed E-state index contributed by atoms with van der Waals surface area (Å²) in [7, 11) is 1.64. The van der Waals surface area contributed by atoms with E-state index < -0.39 is 0 Å². The van der Waals surface area contributed by atoms with E-state index in [0.29, 0.717) is 0 Å². The van der Waals surface area contributed by atoms with E-state index in [1.807, 2.05) is 6.07 Å². The fourth-order valence-electron chi connectivity index (χ4n) is 2.27. The molecule has 1 aromatic carbocycles. The summed E-state index contributed by atoms with van der Waals surface area (Å²) in [6, 6.07) is 8.41. The van der Waals surface area contributed by atoms with Crippen LogP contribution in [0.4, 0.5) is 0 Å². The van der Waals surface area contributed by atoms with E-state index in [9.17, 15) is 0 Å². The molecule has 0 aliphatic rings. The number of hydrazine groups is 1. The highest BCUT2D eigenvalue weighted by Crippen LogP contribution is 2.26. The SMILES string of the molecule is COc1cnccc1C(Cc1ccc(C)c(C)c1)NN. The van der Waals surface area contributed by atoms with Gasteiger partial charge in [-0.1, -0.05) is 18.2 Å². The number of hydrogen-bond acceptors (Lipinski definition) is 4. The van der Waals surface area contributed by atoms with Crippen molar-refractivity contribution < 1.29 is 4.74 Å². The van der Waals surface area contributed by atoms with Gasteiger partial charge in [-0.2, -0.15) is 0 Å². The Bertz CT molecular complexity index is 584. The van der Waals surface area contributed by atoms with Crippen LogP contribution in [0.1, 0.15) is 28.3 Å². The average molecular weight is 271 g/mol. The van der Waals surface area contributed by atoms with Crippen LogP contribution in [0.3, 0.4) is 0 Å². The first kappa shape index (κ1) is 14.5. The molecule has 0 aliphatic carbocycles. The molecule has 0 radical (unpaired) electrons. The molecule has 0 amide bonds. The number of nitrogens with zero attached hydrogens (tertiary/aromatic N) is 1. The molecule has 0 bridgehead atoms. The van der Waals surface area contributed by atoms with Crippen LogP contribution in [0.5, 0.6) is 5.75 Å². The third kappa shape index (κ3) is 3.15. The number of aryl methyl sites for hydroxylation is 2. The number of nitrogens with two attached hydrogens (primary N) is 1. The third-order valence-electron chi connectivity index (χ3n) is 3.62. The second-order valence-electron chi connectivity index (χ2n) is 4.96. The Hall–Kier alpha value is -1.91. The summed E-state index contributed by atoms with van der Waals surface area (Å²) in [6.45, 7) is 4.24. The van der Waals surface area contributed by atoms with Crippen LogP contribution >= 0.6 is 0 Å². The Labute approximate surface area is 120 Å². The predicted molar refractivity (Wildman–Crippen MR) is 80.5 cm³/mol. The van der Waals surface area contributed by atoms with Gasteiger partial charge in [0.05, 0.1) is 19.3 Å². The van der Waals surface area contributed by atoms with Crippen molar-refractivity contribution in [2.45, 2.75) is 26.3 Å². The van der Waals surface area contributed by atoms with Gasteiger partial charge in [-0.25, -0.2) is 0 Å². The second kappa shape index (κ2) is 6.50. The maximum absolute atomic E-state index is 5.72. The quantitative estimate of drug-likeness (QED) is 0.648. The van der Waals surface area contributed by atoms with Crippen molar-refractivity contribution in [3.8, 4) is 5.75 Å². The summed E-state index contributed by atoms with van der Waals surface area (Å²) >= 11 is 0. The van der Waals surface area contributed by atoms with Gasteiger partial charge in [0.15, 0.2) is 0 Å². The molecule has 0 fully saturated rings. The molecule has 0 aliphatic heterocycles. The molecule has 0 saturated heterocycles. The van der Waals surface area contributed by atoms with Crippen LogP contribution in [0.2, 0.25) is 0 Å². The van der Waals surface area contributed by atoms with Gasteiger partial charge in [0.25, 0.3) is 0 Å². The lowest BCUT2D eigenvalue weighted by Gasteiger charge is -2.19. The summed E-state index contributed by atoms with van der Waals surface area (Å²) in [5.41, 5.74) is 7.72. The number of rotatable bonds is 5. The van der Waals surface area contributed by atoms with Crippen LogP contribution in [0.15, 0.2) is 36.7 Å². The van der Waals surface area contributed by atoms with Gasteiger partial charge >= 0.3 is 0 Å². The highest BCUT2D eigenvalue weighted by molar-refractivity contribution is 5.36. The molecule has 1 heterocycles.